The third-order valence-electron chi connectivity index (χ3n) is 6.35. The number of aromatic amines is 1. The number of benzene rings is 2. The van der Waals surface area contributed by atoms with Gasteiger partial charge in [-0.2, -0.15) is 0 Å². The first-order valence-electron chi connectivity index (χ1n) is 12.2. The van der Waals surface area contributed by atoms with E-state index in [-0.39, 0.29) is 6.04 Å². The molecule has 5 nitrogen and oxygen atoms in total. The molecule has 1 atom stereocenters. The van der Waals surface area contributed by atoms with Gasteiger partial charge in [-0.1, -0.05) is 36.6 Å². The summed E-state index contributed by atoms with van der Waals surface area (Å²) in [5.41, 5.74) is 5.03. The maximum absolute atomic E-state index is 6.24. The number of H-pyrrole nitrogens is 1. The lowest BCUT2D eigenvalue weighted by atomic mass is 9.94. The Kier molecular flexibility index (Phi) is 9.07. The van der Waals surface area contributed by atoms with E-state index >= 15 is 0 Å². The van der Waals surface area contributed by atoms with E-state index in [0.29, 0.717) is 0 Å². The van der Waals surface area contributed by atoms with Crippen LogP contribution < -0.4 is 15.4 Å². The number of hydrogen-bond acceptors (Lipinski definition) is 4. The highest BCUT2D eigenvalue weighted by atomic mass is 35.5. The molecule has 0 aliphatic carbocycles. The molecule has 2 heterocycles. The van der Waals surface area contributed by atoms with E-state index in [9.17, 15) is 0 Å². The van der Waals surface area contributed by atoms with E-state index in [0.717, 1.165) is 68.4 Å². The summed E-state index contributed by atoms with van der Waals surface area (Å²) >= 11 is 6.24. The molecule has 1 aromatic heterocycles. The van der Waals surface area contributed by atoms with Crippen LogP contribution in [-0.2, 0) is 11.2 Å². The molecule has 0 saturated heterocycles. The predicted octanol–water partition coefficient (Wildman–Crippen LogP) is 5.62. The van der Waals surface area contributed by atoms with Gasteiger partial charge in [0.15, 0.2) is 0 Å². The Hall–Kier alpha value is -2.05. The van der Waals surface area contributed by atoms with E-state index < -0.39 is 0 Å². The van der Waals surface area contributed by atoms with E-state index in [2.05, 4.69) is 52.0 Å². The van der Waals surface area contributed by atoms with Crippen molar-refractivity contribution in [2.24, 2.45) is 0 Å². The minimum absolute atomic E-state index is 0.164. The number of fused-ring (bicyclic) bond motifs is 3. The van der Waals surface area contributed by atoms with Crippen LogP contribution in [-0.4, -0.2) is 44.9 Å². The van der Waals surface area contributed by atoms with Crippen LogP contribution in [0, 0.1) is 0 Å². The van der Waals surface area contributed by atoms with Gasteiger partial charge in [0, 0.05) is 41.9 Å². The Balaban J connectivity index is 1.22. The Bertz CT molecular complexity index is 1000. The fourth-order valence-electron chi connectivity index (χ4n) is 4.60. The molecule has 0 radical (unpaired) electrons. The molecule has 4 rings (SSSR count). The number of unbranched alkanes of at least 4 members (excludes halogenated alkanes) is 3. The Labute approximate surface area is 202 Å². The molecule has 0 amide bonds. The number of ether oxygens (including phenoxy) is 2. The number of halogens is 1. The second-order valence-corrected chi connectivity index (χ2v) is 9.21. The first kappa shape index (κ1) is 24.1. The molecule has 33 heavy (non-hydrogen) atoms. The predicted molar refractivity (Wildman–Crippen MR) is 137 cm³/mol. The first-order valence-corrected chi connectivity index (χ1v) is 12.6. The normalized spacial score (nSPS) is 15.6. The Morgan fingerprint density at radius 2 is 1.79 bits per heavy atom. The minimum Gasteiger partial charge on any atom is -0.494 e. The number of aromatic nitrogens is 1. The molecular formula is C27H36ClN3O2. The van der Waals surface area contributed by atoms with Gasteiger partial charge in [-0.15, -0.1) is 0 Å². The molecule has 1 aliphatic rings. The van der Waals surface area contributed by atoms with Crippen LogP contribution in [0.5, 0.6) is 5.75 Å². The summed E-state index contributed by atoms with van der Waals surface area (Å²) in [5.74, 6) is 0.943. The number of nitrogens with one attached hydrogen (secondary N) is 3. The van der Waals surface area contributed by atoms with Crippen LogP contribution in [0.1, 0.15) is 55.0 Å². The molecule has 2 aromatic carbocycles. The lowest BCUT2D eigenvalue weighted by Crippen LogP contribution is -2.30. The molecule has 1 unspecified atom stereocenters. The highest BCUT2D eigenvalue weighted by molar-refractivity contribution is 6.31. The van der Waals surface area contributed by atoms with E-state index in [1.54, 1.807) is 7.11 Å². The van der Waals surface area contributed by atoms with Crippen molar-refractivity contribution in [3.63, 3.8) is 0 Å². The summed E-state index contributed by atoms with van der Waals surface area (Å²) in [6, 6.07) is 14.8. The van der Waals surface area contributed by atoms with E-state index in [1.807, 2.05) is 6.07 Å². The van der Waals surface area contributed by atoms with Crippen molar-refractivity contribution in [1.82, 2.24) is 15.6 Å². The first-order chi connectivity index (χ1) is 16.3. The van der Waals surface area contributed by atoms with Crippen molar-refractivity contribution in [2.75, 3.05) is 40.0 Å². The smallest absolute Gasteiger partial charge is 0.119 e. The Morgan fingerprint density at radius 3 is 2.64 bits per heavy atom. The van der Waals surface area contributed by atoms with Gasteiger partial charge < -0.3 is 25.1 Å². The molecular weight excluding hydrogens is 434 g/mol. The van der Waals surface area contributed by atoms with Gasteiger partial charge in [0.2, 0.25) is 0 Å². The molecule has 0 fully saturated rings. The molecule has 3 aromatic rings. The molecule has 1 aliphatic heterocycles. The van der Waals surface area contributed by atoms with Crippen molar-refractivity contribution < 1.29 is 9.47 Å². The van der Waals surface area contributed by atoms with Gasteiger partial charge in [0.25, 0.3) is 0 Å². The van der Waals surface area contributed by atoms with Crippen LogP contribution in [0.2, 0.25) is 5.02 Å². The maximum Gasteiger partial charge on any atom is 0.119 e. The highest BCUT2D eigenvalue weighted by Crippen LogP contribution is 2.35. The standard InChI is InChI=1S/C27H36ClN3O2/c1-32-17-6-15-29-14-4-2-3-5-18-33-22-10-7-20(8-11-22)26-27-23(13-16-30-26)24-19-21(28)9-12-25(24)31-27/h7-12,19,26,29-31H,2-6,13-18H2,1H3. The van der Waals surface area contributed by atoms with Crippen molar-refractivity contribution in [1.29, 1.82) is 0 Å². The van der Waals surface area contributed by atoms with Crippen molar-refractivity contribution in [3.05, 3.63) is 64.3 Å². The third kappa shape index (κ3) is 6.51. The zero-order chi connectivity index (χ0) is 22.9. The Morgan fingerprint density at radius 1 is 0.970 bits per heavy atom. The van der Waals surface area contributed by atoms with Gasteiger partial charge in [-0.05, 0) is 80.2 Å². The van der Waals surface area contributed by atoms with Crippen molar-refractivity contribution in [2.45, 2.75) is 44.6 Å². The summed E-state index contributed by atoms with van der Waals surface area (Å²) in [6.07, 6.45) is 6.85. The number of hydrogen-bond donors (Lipinski definition) is 3. The summed E-state index contributed by atoms with van der Waals surface area (Å²) in [6.45, 7) is 4.70. The van der Waals surface area contributed by atoms with Gasteiger partial charge in [-0.25, -0.2) is 0 Å². The molecule has 0 spiro atoms. The average molecular weight is 470 g/mol. The number of methoxy groups -OCH3 is 1. The second kappa shape index (κ2) is 12.4. The fourth-order valence-corrected chi connectivity index (χ4v) is 4.78. The zero-order valence-corrected chi connectivity index (χ0v) is 20.3. The van der Waals surface area contributed by atoms with Crippen molar-refractivity contribution >= 4 is 22.5 Å². The largest absolute Gasteiger partial charge is 0.494 e. The van der Waals surface area contributed by atoms with E-state index in [1.165, 1.54) is 41.5 Å². The number of rotatable bonds is 13. The third-order valence-corrected chi connectivity index (χ3v) is 6.58. The van der Waals surface area contributed by atoms with Gasteiger partial charge in [0.1, 0.15) is 5.75 Å². The quantitative estimate of drug-likeness (QED) is 0.284. The summed E-state index contributed by atoms with van der Waals surface area (Å²) in [7, 11) is 1.75. The topological polar surface area (TPSA) is 58.3 Å². The van der Waals surface area contributed by atoms with Gasteiger partial charge >= 0.3 is 0 Å². The lowest BCUT2D eigenvalue weighted by molar-refractivity contribution is 0.194. The minimum atomic E-state index is 0.164. The molecule has 6 heteroatoms. The van der Waals surface area contributed by atoms with Crippen LogP contribution in [0.15, 0.2) is 42.5 Å². The van der Waals surface area contributed by atoms with Crippen LogP contribution in [0.4, 0.5) is 0 Å². The average Bonchev–Trinajstić information content (AvgIpc) is 3.21. The van der Waals surface area contributed by atoms with Crippen molar-refractivity contribution in [3.8, 4) is 5.75 Å². The second-order valence-electron chi connectivity index (χ2n) is 8.77. The van der Waals surface area contributed by atoms with Crippen LogP contribution in [0.25, 0.3) is 10.9 Å². The zero-order valence-electron chi connectivity index (χ0n) is 19.6. The van der Waals surface area contributed by atoms with Crippen LogP contribution >= 0.6 is 11.6 Å². The lowest BCUT2D eigenvalue weighted by Gasteiger charge is -2.25. The molecule has 3 N–H and O–H groups in total. The summed E-state index contributed by atoms with van der Waals surface area (Å²) in [4.78, 5) is 3.62. The molecule has 0 saturated carbocycles. The maximum atomic E-state index is 6.24. The summed E-state index contributed by atoms with van der Waals surface area (Å²) in [5, 5.41) is 9.15. The van der Waals surface area contributed by atoms with E-state index in [4.69, 9.17) is 21.1 Å². The van der Waals surface area contributed by atoms with Crippen LogP contribution in [0.3, 0.4) is 0 Å². The van der Waals surface area contributed by atoms with Gasteiger partial charge in [0.05, 0.1) is 12.6 Å². The summed E-state index contributed by atoms with van der Waals surface area (Å²) < 4.78 is 11.0. The molecule has 0 bridgehead atoms. The monoisotopic (exact) mass is 469 g/mol. The fraction of sp³-hybridized carbons (Fsp3) is 0.481. The van der Waals surface area contributed by atoms with Gasteiger partial charge in [-0.3, -0.25) is 0 Å². The molecule has 178 valence electrons. The SMILES string of the molecule is COCCCNCCCCCCOc1ccc(C2NCCc3c2[nH]c2ccc(Cl)cc32)cc1. The highest BCUT2D eigenvalue weighted by Gasteiger charge is 2.25.